The van der Waals surface area contributed by atoms with Gasteiger partial charge in [-0.3, -0.25) is 0 Å². The Hall–Kier alpha value is -7.76. The van der Waals surface area contributed by atoms with Crippen LogP contribution in [0.25, 0.3) is 94.1 Å². The van der Waals surface area contributed by atoms with E-state index < -0.39 is 5.66 Å². The molecule has 288 valence electrons. The lowest BCUT2D eigenvalue weighted by atomic mass is 9.80. The summed E-state index contributed by atoms with van der Waals surface area (Å²) in [5.41, 5.74) is 21.1. The highest BCUT2D eigenvalue weighted by atomic mass is 15.4. The quantitative estimate of drug-likeness (QED) is 0.158. The van der Waals surface area contributed by atoms with E-state index in [0.29, 0.717) is 0 Å². The van der Waals surface area contributed by atoms with Crippen molar-refractivity contribution < 1.29 is 9.13 Å². The van der Waals surface area contributed by atoms with E-state index in [-0.39, 0.29) is 11.8 Å². The van der Waals surface area contributed by atoms with Gasteiger partial charge in [0.05, 0.1) is 27.5 Å². The van der Waals surface area contributed by atoms with E-state index in [2.05, 4.69) is 213 Å². The first-order valence-electron chi connectivity index (χ1n) is 22.0. The van der Waals surface area contributed by atoms with Crippen molar-refractivity contribution in [3.63, 3.8) is 0 Å². The topological polar surface area (TPSA) is 22.5 Å². The third-order valence-corrected chi connectivity index (χ3v) is 15.5. The van der Waals surface area contributed by atoms with Crippen LogP contribution < -0.4 is 9.13 Å². The smallest absolute Gasteiger partial charge is 0.308 e. The van der Waals surface area contributed by atoms with Crippen LogP contribution in [0.15, 0.2) is 176 Å². The fourth-order valence-corrected chi connectivity index (χ4v) is 13.0. The fourth-order valence-electron chi connectivity index (χ4n) is 13.0. The molecule has 3 unspecified atom stereocenters. The van der Waals surface area contributed by atoms with Gasteiger partial charge in [-0.15, -0.1) is 0 Å². The number of nitrogens with zero attached hydrogens (tertiary/aromatic N) is 5. The average Bonchev–Trinajstić information content (AvgIpc) is 4.05. The summed E-state index contributed by atoms with van der Waals surface area (Å²) in [4.78, 5) is 0. The zero-order valence-electron chi connectivity index (χ0n) is 34.1. The van der Waals surface area contributed by atoms with Crippen molar-refractivity contribution in [2.24, 2.45) is 0 Å². The predicted molar refractivity (Wildman–Crippen MR) is 248 cm³/mol. The number of rotatable bonds is 4. The van der Waals surface area contributed by atoms with Crippen molar-refractivity contribution >= 4 is 65.7 Å². The van der Waals surface area contributed by atoms with Crippen LogP contribution in [0.2, 0.25) is 0 Å². The monoisotopic (exact) mass is 791 g/mol. The second kappa shape index (κ2) is 10.6. The lowest BCUT2D eigenvalue weighted by Gasteiger charge is -2.39. The van der Waals surface area contributed by atoms with Crippen LogP contribution in [-0.4, -0.2) is 13.7 Å². The van der Waals surface area contributed by atoms with Gasteiger partial charge in [0.25, 0.3) is 11.3 Å². The van der Waals surface area contributed by atoms with Crippen molar-refractivity contribution in [3.05, 3.63) is 209 Å². The molecule has 5 heteroatoms. The van der Waals surface area contributed by atoms with E-state index in [4.69, 9.17) is 0 Å². The summed E-state index contributed by atoms with van der Waals surface area (Å²) in [7, 11) is 0. The van der Waals surface area contributed by atoms with Crippen LogP contribution in [0.1, 0.15) is 59.1 Å². The maximum atomic E-state index is 2.81. The van der Waals surface area contributed by atoms with Gasteiger partial charge in [0, 0.05) is 33.4 Å². The number of benzene rings is 7. The summed E-state index contributed by atoms with van der Waals surface area (Å²) in [6, 6.07) is 66.7. The number of hydrogen-bond acceptors (Lipinski definition) is 0. The molecule has 12 aromatic rings. The van der Waals surface area contributed by atoms with Gasteiger partial charge < -0.3 is 4.57 Å². The van der Waals surface area contributed by atoms with Crippen LogP contribution in [0, 0.1) is 0 Å². The van der Waals surface area contributed by atoms with E-state index in [9.17, 15) is 0 Å². The molecule has 4 aliphatic heterocycles. The molecule has 0 bridgehead atoms. The van der Waals surface area contributed by atoms with Crippen LogP contribution in [0.5, 0.6) is 0 Å². The Labute approximate surface area is 356 Å². The Morgan fingerprint density at radius 1 is 0.403 bits per heavy atom. The van der Waals surface area contributed by atoms with Gasteiger partial charge in [-0.25, -0.2) is 0 Å². The van der Waals surface area contributed by atoms with Crippen molar-refractivity contribution in [2.75, 3.05) is 0 Å². The van der Waals surface area contributed by atoms with Crippen molar-refractivity contribution in [1.82, 2.24) is 13.7 Å². The molecule has 4 aliphatic rings. The Balaban J connectivity index is 1.22. The Morgan fingerprint density at radius 2 is 0.855 bits per heavy atom. The molecule has 0 radical (unpaired) electrons. The molecule has 5 aromatic heterocycles. The molecule has 9 heterocycles. The molecular formula is C57H37N5+2. The highest BCUT2D eigenvalue weighted by Crippen LogP contribution is 2.58. The van der Waals surface area contributed by atoms with E-state index in [1.165, 1.54) is 128 Å². The van der Waals surface area contributed by atoms with Crippen LogP contribution in [-0.2, 0) is 5.66 Å². The lowest BCUT2D eigenvalue weighted by Crippen LogP contribution is -2.75. The summed E-state index contributed by atoms with van der Waals surface area (Å²) in [6.07, 6.45) is 0. The minimum Gasteiger partial charge on any atom is -0.308 e. The summed E-state index contributed by atoms with van der Waals surface area (Å²) in [6.45, 7) is 4.81. The second-order valence-corrected chi connectivity index (χ2v) is 18.1. The summed E-state index contributed by atoms with van der Waals surface area (Å²) < 4.78 is 13.5. The second-order valence-electron chi connectivity index (χ2n) is 18.1. The first-order valence-corrected chi connectivity index (χ1v) is 22.0. The largest absolute Gasteiger partial charge is 0.319 e. The zero-order valence-corrected chi connectivity index (χ0v) is 34.1. The van der Waals surface area contributed by atoms with Crippen molar-refractivity contribution in [1.29, 1.82) is 0 Å². The molecule has 1 spiro atoms. The highest BCUT2D eigenvalue weighted by Gasteiger charge is 2.69. The predicted octanol–water partition coefficient (Wildman–Crippen LogP) is 12.1. The van der Waals surface area contributed by atoms with Gasteiger partial charge in [0.2, 0.25) is 0 Å². The van der Waals surface area contributed by atoms with E-state index in [1.54, 1.807) is 0 Å². The van der Waals surface area contributed by atoms with Gasteiger partial charge in [-0.1, -0.05) is 123 Å². The molecule has 62 heavy (non-hydrogen) atoms. The minimum absolute atomic E-state index is 0.148. The third kappa shape index (κ3) is 3.29. The van der Waals surface area contributed by atoms with Crippen molar-refractivity contribution in [2.45, 2.75) is 31.3 Å². The maximum absolute atomic E-state index is 2.81. The Bertz CT molecular complexity index is 4050. The number of para-hydroxylation sites is 3. The summed E-state index contributed by atoms with van der Waals surface area (Å²) in [5, 5.41) is 7.83. The molecular weight excluding hydrogens is 755 g/mol. The maximum Gasteiger partial charge on any atom is 0.319 e. The van der Waals surface area contributed by atoms with E-state index in [1.807, 2.05) is 0 Å². The van der Waals surface area contributed by atoms with E-state index >= 15 is 0 Å². The number of pyridine rings is 2. The fraction of sp³-hybridized carbons (Fsp3) is 0.0877. The van der Waals surface area contributed by atoms with Crippen LogP contribution in [0.3, 0.4) is 0 Å². The molecule has 5 nitrogen and oxygen atoms in total. The zero-order chi connectivity index (χ0) is 40.3. The van der Waals surface area contributed by atoms with Crippen LogP contribution in [0.4, 0.5) is 0 Å². The molecule has 0 saturated heterocycles. The first-order chi connectivity index (χ1) is 30.7. The van der Waals surface area contributed by atoms with Gasteiger partial charge in [-0.2, -0.15) is 18.3 Å². The normalized spacial score (nSPS) is 16.8. The molecule has 0 fully saturated rings. The van der Waals surface area contributed by atoms with Gasteiger partial charge in [0.1, 0.15) is 33.5 Å². The standard InChI is InChI=1S/C57H37N5/c1-32(34-16-5-3-6-17-34)40-30-48-49-31-41(33(2)35-18-7-4-8-19-35)51-39-22-11-14-25-44(39)60-47-29-28-37-36-20-9-12-23-42(36)58-45-26-15-27-46-52(45)57(53(47)54(37)58,62(49)56(51)60)61(48)55-50(40)38-21-10-13-24-43(38)59(46)55/h3-33H,1-2H3/q+2. The molecule has 0 N–H and O–H groups in total. The summed E-state index contributed by atoms with van der Waals surface area (Å²) in [5.74, 6) is 0.296. The Morgan fingerprint density at radius 3 is 1.40 bits per heavy atom. The highest BCUT2D eigenvalue weighted by molar-refractivity contribution is 6.16. The van der Waals surface area contributed by atoms with E-state index in [0.717, 1.165) is 0 Å². The van der Waals surface area contributed by atoms with Gasteiger partial charge >= 0.3 is 5.66 Å². The number of fused-ring (bicyclic) bond motifs is 13. The minimum atomic E-state index is -0.718. The third-order valence-electron chi connectivity index (χ3n) is 15.5. The van der Waals surface area contributed by atoms with Crippen LogP contribution >= 0.6 is 0 Å². The number of aromatic nitrogens is 5. The molecule has 0 amide bonds. The molecule has 16 rings (SSSR count). The molecule has 7 aromatic carbocycles. The van der Waals surface area contributed by atoms with Crippen molar-refractivity contribution in [3.8, 4) is 28.5 Å². The SMILES string of the molecule is CC(c1ccccc1)c1cc2[n+]3c4c1c1ccccc1n4-c1cccc4c1C31c3c(ccc5c6ccccc6n-4c35)-n3c4ccccc4c4c(C(C)c5ccccc5)cc-2[n+]1c43. The first kappa shape index (κ1) is 32.1. The average molecular weight is 792 g/mol. The molecule has 0 aliphatic carbocycles. The summed E-state index contributed by atoms with van der Waals surface area (Å²) >= 11 is 0. The number of hydrogen-bond donors (Lipinski definition) is 0. The molecule has 3 atom stereocenters. The molecule has 0 saturated carbocycles. The van der Waals surface area contributed by atoms with Gasteiger partial charge in [0.15, 0.2) is 11.4 Å². The van der Waals surface area contributed by atoms with Gasteiger partial charge in [-0.05, 0) is 89.0 Å². The lowest BCUT2D eigenvalue weighted by molar-refractivity contribution is -0.920. The Kier molecular flexibility index (Phi) is 5.47.